The molecule has 1 aliphatic heterocycles. The summed E-state index contributed by atoms with van der Waals surface area (Å²) >= 11 is 3.42. The molecule has 4 aromatic rings. The van der Waals surface area contributed by atoms with Gasteiger partial charge in [-0.1, -0.05) is 46.3 Å². The van der Waals surface area contributed by atoms with E-state index in [4.69, 9.17) is 4.98 Å². The average Bonchev–Trinajstić information content (AvgIpc) is 3.05. The smallest absolute Gasteiger partial charge is 0.266 e. The highest BCUT2D eigenvalue weighted by molar-refractivity contribution is 9.10. The van der Waals surface area contributed by atoms with E-state index in [0.29, 0.717) is 28.0 Å². The van der Waals surface area contributed by atoms with Gasteiger partial charge < -0.3 is 5.32 Å². The summed E-state index contributed by atoms with van der Waals surface area (Å²) in [7, 11) is 0. The Hall–Kier alpha value is -3.51. The fourth-order valence-electron chi connectivity index (χ4n) is 3.50. The topological polar surface area (TPSA) is 64.0 Å². The van der Waals surface area contributed by atoms with E-state index in [2.05, 4.69) is 21.2 Å². The number of anilines is 1. The number of para-hydroxylation sites is 2. The summed E-state index contributed by atoms with van der Waals surface area (Å²) in [5, 5.41) is 3.38. The molecule has 5 nitrogen and oxygen atoms in total. The summed E-state index contributed by atoms with van der Waals surface area (Å²) < 4.78 is 2.45. The van der Waals surface area contributed by atoms with Crippen molar-refractivity contribution in [1.29, 1.82) is 0 Å². The van der Waals surface area contributed by atoms with E-state index in [0.717, 1.165) is 15.7 Å². The first-order valence-electron chi connectivity index (χ1n) is 9.02. The predicted molar refractivity (Wildman–Crippen MR) is 118 cm³/mol. The third-order valence-electron chi connectivity index (χ3n) is 4.87. The van der Waals surface area contributed by atoms with Gasteiger partial charge in [-0.05, 0) is 48.5 Å². The Kier molecular flexibility index (Phi) is 4.14. The molecule has 0 saturated heterocycles. The van der Waals surface area contributed by atoms with Crippen LogP contribution in [0.25, 0.3) is 28.2 Å². The van der Waals surface area contributed by atoms with Crippen LogP contribution in [0.3, 0.4) is 0 Å². The molecule has 0 spiro atoms. The fourth-order valence-corrected chi connectivity index (χ4v) is 3.76. The Balaban J connectivity index is 1.82. The van der Waals surface area contributed by atoms with Gasteiger partial charge >= 0.3 is 0 Å². The van der Waals surface area contributed by atoms with Gasteiger partial charge in [-0.3, -0.25) is 14.2 Å². The zero-order valence-corrected chi connectivity index (χ0v) is 16.7. The average molecular weight is 444 g/mol. The Morgan fingerprint density at radius 3 is 2.45 bits per heavy atom. The van der Waals surface area contributed by atoms with E-state index < -0.39 is 0 Å². The number of aromatic nitrogens is 2. The first-order valence-corrected chi connectivity index (χ1v) is 9.81. The highest BCUT2D eigenvalue weighted by atomic mass is 79.9. The molecule has 0 atom stereocenters. The number of hydrogen-bond acceptors (Lipinski definition) is 3. The van der Waals surface area contributed by atoms with Gasteiger partial charge in [0.25, 0.3) is 11.5 Å². The number of carbonyl (C=O) groups excluding carboxylic acids is 1. The molecule has 0 unspecified atom stereocenters. The molecule has 2 heterocycles. The molecule has 6 heteroatoms. The van der Waals surface area contributed by atoms with E-state index in [1.165, 1.54) is 4.57 Å². The highest BCUT2D eigenvalue weighted by Crippen LogP contribution is 2.32. The number of carbonyl (C=O) groups is 1. The molecule has 1 aromatic heterocycles. The number of halogens is 1. The van der Waals surface area contributed by atoms with Gasteiger partial charge in [0.2, 0.25) is 0 Å². The van der Waals surface area contributed by atoms with Crippen LogP contribution >= 0.6 is 15.9 Å². The normalized spacial score (nSPS) is 14.2. The van der Waals surface area contributed by atoms with E-state index in [-0.39, 0.29) is 11.5 Å². The number of benzene rings is 3. The highest BCUT2D eigenvalue weighted by Gasteiger charge is 2.24. The molecule has 140 valence electrons. The maximum absolute atomic E-state index is 13.3. The lowest BCUT2D eigenvalue weighted by molar-refractivity contribution is -0.110. The van der Waals surface area contributed by atoms with Gasteiger partial charge in [-0.2, -0.15) is 0 Å². The molecule has 29 heavy (non-hydrogen) atoms. The molecule has 1 aliphatic rings. The van der Waals surface area contributed by atoms with Crippen LogP contribution in [0, 0.1) is 0 Å². The molecular weight excluding hydrogens is 430 g/mol. The quantitative estimate of drug-likeness (QED) is 0.459. The second kappa shape index (κ2) is 6.83. The minimum absolute atomic E-state index is 0.184. The number of nitrogens with one attached hydrogen (secondary N) is 1. The molecule has 5 rings (SSSR count). The molecule has 3 aromatic carbocycles. The molecule has 0 radical (unpaired) electrons. The first-order chi connectivity index (χ1) is 14.1. The number of amides is 1. The van der Waals surface area contributed by atoms with Gasteiger partial charge in [0.15, 0.2) is 0 Å². The van der Waals surface area contributed by atoms with Gasteiger partial charge in [-0.15, -0.1) is 0 Å². The predicted octanol–water partition coefficient (Wildman–Crippen LogP) is 4.64. The van der Waals surface area contributed by atoms with Crippen molar-refractivity contribution in [3.63, 3.8) is 0 Å². The second-order valence-corrected chi connectivity index (χ2v) is 7.58. The van der Waals surface area contributed by atoms with Gasteiger partial charge in [0.05, 0.1) is 22.2 Å². The third-order valence-corrected chi connectivity index (χ3v) is 5.40. The van der Waals surface area contributed by atoms with Crippen LogP contribution in [-0.4, -0.2) is 15.5 Å². The van der Waals surface area contributed by atoms with Crippen molar-refractivity contribution in [2.24, 2.45) is 0 Å². The molecule has 1 N–H and O–H groups in total. The largest absolute Gasteiger partial charge is 0.321 e. The fraction of sp³-hybridized carbons (Fsp3) is 0. The van der Waals surface area contributed by atoms with Crippen molar-refractivity contribution in [2.45, 2.75) is 0 Å². The van der Waals surface area contributed by atoms with Crippen molar-refractivity contribution in [1.82, 2.24) is 9.55 Å². The van der Waals surface area contributed by atoms with Gasteiger partial charge in [-0.25, -0.2) is 4.98 Å². The van der Waals surface area contributed by atoms with E-state index in [9.17, 15) is 9.59 Å². The second-order valence-electron chi connectivity index (χ2n) is 6.66. The number of rotatable bonds is 2. The minimum Gasteiger partial charge on any atom is -0.321 e. The third kappa shape index (κ3) is 2.98. The van der Waals surface area contributed by atoms with Gasteiger partial charge in [0, 0.05) is 15.7 Å². The van der Waals surface area contributed by atoms with Crippen LogP contribution in [0.15, 0.2) is 82.1 Å². The zero-order valence-electron chi connectivity index (χ0n) is 15.1. The Bertz CT molecular complexity index is 1370. The number of hydrogen-bond donors (Lipinski definition) is 1. The van der Waals surface area contributed by atoms with Crippen LogP contribution in [-0.2, 0) is 4.79 Å². The summed E-state index contributed by atoms with van der Waals surface area (Å²) in [6, 6.07) is 22.1. The van der Waals surface area contributed by atoms with Crippen molar-refractivity contribution >= 4 is 50.1 Å². The molecule has 0 bridgehead atoms. The molecule has 1 amide bonds. The standard InChI is InChI=1S/C23H14BrN3O2/c24-14-9-11-15(12-10-14)27-21(25-20-8-4-2-6-17(20)23(27)29)13-18-16-5-1-3-7-19(16)26-22(18)28/h1-13H,(H,26,28). The Morgan fingerprint density at radius 2 is 1.62 bits per heavy atom. The van der Waals surface area contributed by atoms with E-state index in [1.807, 2.05) is 60.7 Å². The lowest BCUT2D eigenvalue weighted by Crippen LogP contribution is -2.22. The number of nitrogens with zero attached hydrogens (tertiary/aromatic N) is 2. The van der Waals surface area contributed by atoms with Crippen LogP contribution in [0.1, 0.15) is 11.4 Å². The van der Waals surface area contributed by atoms with Crippen LogP contribution < -0.4 is 10.9 Å². The SMILES string of the molecule is O=C1Nc2ccccc2C1=Cc1nc2ccccc2c(=O)n1-c1ccc(Br)cc1. The first kappa shape index (κ1) is 17.6. The van der Waals surface area contributed by atoms with Crippen LogP contribution in [0.4, 0.5) is 5.69 Å². The summed E-state index contributed by atoms with van der Waals surface area (Å²) in [4.78, 5) is 30.6. The summed E-state index contributed by atoms with van der Waals surface area (Å²) in [6.45, 7) is 0. The number of fused-ring (bicyclic) bond motifs is 2. The Labute approximate surface area is 174 Å². The van der Waals surface area contributed by atoms with Gasteiger partial charge in [0.1, 0.15) is 5.82 Å². The van der Waals surface area contributed by atoms with Crippen molar-refractivity contribution in [3.8, 4) is 5.69 Å². The summed E-state index contributed by atoms with van der Waals surface area (Å²) in [6.07, 6.45) is 1.68. The maximum atomic E-state index is 13.3. The summed E-state index contributed by atoms with van der Waals surface area (Å²) in [5.41, 5.74) is 3.11. The molecular formula is C23H14BrN3O2. The molecule has 0 fully saturated rings. The maximum Gasteiger partial charge on any atom is 0.266 e. The van der Waals surface area contributed by atoms with E-state index in [1.54, 1.807) is 18.2 Å². The molecule has 0 aliphatic carbocycles. The molecule has 0 saturated carbocycles. The zero-order chi connectivity index (χ0) is 20.0. The van der Waals surface area contributed by atoms with Crippen molar-refractivity contribution in [2.75, 3.05) is 5.32 Å². The lowest BCUT2D eigenvalue weighted by atomic mass is 10.1. The Morgan fingerprint density at radius 1 is 0.897 bits per heavy atom. The van der Waals surface area contributed by atoms with Crippen LogP contribution in [0.2, 0.25) is 0 Å². The monoisotopic (exact) mass is 443 g/mol. The summed E-state index contributed by atoms with van der Waals surface area (Å²) in [5.74, 6) is 0.189. The minimum atomic E-state index is -0.212. The lowest BCUT2D eigenvalue weighted by Gasteiger charge is -2.12. The van der Waals surface area contributed by atoms with Crippen molar-refractivity contribution in [3.05, 3.63) is 99.0 Å². The van der Waals surface area contributed by atoms with Crippen LogP contribution in [0.5, 0.6) is 0 Å². The van der Waals surface area contributed by atoms with Crippen molar-refractivity contribution < 1.29 is 4.79 Å². The van der Waals surface area contributed by atoms with E-state index >= 15 is 0 Å².